The third-order valence-electron chi connectivity index (χ3n) is 4.05. The zero-order chi connectivity index (χ0) is 17.9. The molecule has 1 aromatic heterocycles. The van der Waals surface area contributed by atoms with Crippen molar-refractivity contribution in [1.29, 1.82) is 0 Å². The predicted molar refractivity (Wildman–Crippen MR) is 92.4 cm³/mol. The van der Waals surface area contributed by atoms with Crippen LogP contribution in [-0.2, 0) is 12.0 Å². The molecule has 0 bridgehead atoms. The summed E-state index contributed by atoms with van der Waals surface area (Å²) in [5, 5.41) is 4.10. The highest BCUT2D eigenvalue weighted by Gasteiger charge is 2.25. The van der Waals surface area contributed by atoms with E-state index in [-0.39, 0.29) is 11.5 Å². The van der Waals surface area contributed by atoms with Gasteiger partial charge in [0.25, 0.3) is 0 Å². The van der Waals surface area contributed by atoms with Crippen LogP contribution in [-0.4, -0.2) is 36.3 Å². The largest absolute Gasteiger partial charge is 0.497 e. The minimum Gasteiger partial charge on any atom is -0.497 e. The SMILES string of the molecule is COc1ccc(CN(C)[C@H](C)c2nc(C(C)(C)C)no2)c(OC)c1. The van der Waals surface area contributed by atoms with Gasteiger partial charge in [-0.1, -0.05) is 32.0 Å². The molecule has 0 amide bonds. The van der Waals surface area contributed by atoms with Crippen LogP contribution in [0.3, 0.4) is 0 Å². The molecule has 0 unspecified atom stereocenters. The molecule has 1 atom stereocenters. The fraction of sp³-hybridized carbons (Fsp3) is 0.556. The molecule has 0 saturated heterocycles. The first-order chi connectivity index (χ1) is 11.3. The van der Waals surface area contributed by atoms with Gasteiger partial charge in [-0.25, -0.2) is 0 Å². The van der Waals surface area contributed by atoms with E-state index in [1.54, 1.807) is 14.2 Å². The van der Waals surface area contributed by atoms with E-state index >= 15 is 0 Å². The number of benzene rings is 1. The lowest BCUT2D eigenvalue weighted by molar-refractivity contribution is 0.200. The van der Waals surface area contributed by atoms with Crippen molar-refractivity contribution in [2.75, 3.05) is 21.3 Å². The third kappa shape index (κ3) is 4.06. The van der Waals surface area contributed by atoms with Crippen LogP contribution in [0.5, 0.6) is 11.5 Å². The molecule has 0 spiro atoms. The molecule has 132 valence electrons. The number of nitrogens with zero attached hydrogens (tertiary/aromatic N) is 3. The van der Waals surface area contributed by atoms with Crippen molar-refractivity contribution < 1.29 is 14.0 Å². The van der Waals surface area contributed by atoms with E-state index in [2.05, 4.69) is 42.7 Å². The summed E-state index contributed by atoms with van der Waals surface area (Å²) in [6.07, 6.45) is 0. The Morgan fingerprint density at radius 3 is 2.46 bits per heavy atom. The van der Waals surface area contributed by atoms with E-state index in [0.717, 1.165) is 22.9 Å². The maximum absolute atomic E-state index is 5.46. The van der Waals surface area contributed by atoms with Crippen LogP contribution in [0.1, 0.15) is 51.0 Å². The van der Waals surface area contributed by atoms with Gasteiger partial charge < -0.3 is 14.0 Å². The van der Waals surface area contributed by atoms with Crippen molar-refractivity contribution in [2.24, 2.45) is 0 Å². The summed E-state index contributed by atoms with van der Waals surface area (Å²) in [5.41, 5.74) is 0.947. The van der Waals surface area contributed by atoms with Crippen molar-refractivity contribution in [2.45, 2.75) is 45.7 Å². The highest BCUT2D eigenvalue weighted by atomic mass is 16.5. The molecule has 1 aromatic carbocycles. The maximum atomic E-state index is 5.46. The average Bonchev–Trinajstić information content (AvgIpc) is 3.04. The molecule has 2 rings (SSSR count). The number of hydrogen-bond acceptors (Lipinski definition) is 6. The Bertz CT molecular complexity index is 676. The number of aromatic nitrogens is 2. The molecule has 6 nitrogen and oxygen atoms in total. The van der Waals surface area contributed by atoms with Crippen molar-refractivity contribution in [3.05, 3.63) is 35.5 Å². The average molecular weight is 333 g/mol. The third-order valence-corrected chi connectivity index (χ3v) is 4.05. The molecule has 2 aromatic rings. The van der Waals surface area contributed by atoms with Gasteiger partial charge >= 0.3 is 0 Å². The van der Waals surface area contributed by atoms with Crippen molar-refractivity contribution in [1.82, 2.24) is 15.0 Å². The zero-order valence-electron chi connectivity index (χ0n) is 15.6. The molecule has 6 heteroatoms. The van der Waals surface area contributed by atoms with Crippen LogP contribution in [0.2, 0.25) is 0 Å². The van der Waals surface area contributed by atoms with Crippen LogP contribution in [0.25, 0.3) is 0 Å². The number of hydrogen-bond donors (Lipinski definition) is 0. The normalized spacial score (nSPS) is 13.2. The van der Waals surface area contributed by atoms with Crippen molar-refractivity contribution in [3.8, 4) is 11.5 Å². The lowest BCUT2D eigenvalue weighted by Crippen LogP contribution is -2.23. The molecule has 0 aliphatic rings. The first-order valence-corrected chi connectivity index (χ1v) is 8.01. The van der Waals surface area contributed by atoms with Crippen LogP contribution >= 0.6 is 0 Å². The number of methoxy groups -OCH3 is 2. The second-order valence-corrected chi connectivity index (χ2v) is 6.98. The van der Waals surface area contributed by atoms with Crippen LogP contribution in [0.4, 0.5) is 0 Å². The molecule has 1 heterocycles. The van der Waals surface area contributed by atoms with E-state index in [4.69, 9.17) is 14.0 Å². The summed E-state index contributed by atoms with van der Waals surface area (Å²) >= 11 is 0. The van der Waals surface area contributed by atoms with Gasteiger partial charge in [-0.05, 0) is 20.0 Å². The molecule has 0 aliphatic carbocycles. The van der Waals surface area contributed by atoms with Gasteiger partial charge in [0.05, 0.1) is 20.3 Å². The van der Waals surface area contributed by atoms with E-state index in [0.29, 0.717) is 12.4 Å². The Kier molecular flexibility index (Phi) is 5.49. The lowest BCUT2D eigenvalue weighted by Gasteiger charge is -2.23. The first kappa shape index (κ1) is 18.3. The molecular weight excluding hydrogens is 306 g/mol. The summed E-state index contributed by atoms with van der Waals surface area (Å²) in [7, 11) is 5.33. The zero-order valence-corrected chi connectivity index (χ0v) is 15.6. The van der Waals surface area contributed by atoms with Gasteiger partial charge in [0.1, 0.15) is 11.5 Å². The van der Waals surface area contributed by atoms with Crippen molar-refractivity contribution >= 4 is 0 Å². The Hall–Kier alpha value is -2.08. The monoisotopic (exact) mass is 333 g/mol. The second kappa shape index (κ2) is 7.21. The van der Waals surface area contributed by atoms with Gasteiger partial charge in [-0.2, -0.15) is 4.98 Å². The quantitative estimate of drug-likeness (QED) is 0.805. The van der Waals surface area contributed by atoms with Gasteiger partial charge in [-0.15, -0.1) is 0 Å². The summed E-state index contributed by atoms with van der Waals surface area (Å²) < 4.78 is 16.2. The van der Waals surface area contributed by atoms with Gasteiger partial charge in [0.2, 0.25) is 5.89 Å². The molecule has 0 fully saturated rings. The summed E-state index contributed by atoms with van der Waals surface area (Å²) in [5.74, 6) is 2.92. The van der Waals surface area contributed by atoms with Gasteiger partial charge in [-0.3, -0.25) is 4.90 Å². The molecule has 0 saturated carbocycles. The van der Waals surface area contributed by atoms with Crippen molar-refractivity contribution in [3.63, 3.8) is 0 Å². The molecule has 0 N–H and O–H groups in total. The van der Waals surface area contributed by atoms with E-state index in [1.807, 2.05) is 25.2 Å². The molecular formula is C18H27N3O3. The molecule has 0 radical (unpaired) electrons. The highest BCUT2D eigenvalue weighted by molar-refractivity contribution is 5.40. The van der Waals surface area contributed by atoms with Crippen LogP contribution in [0.15, 0.2) is 22.7 Å². The van der Waals surface area contributed by atoms with E-state index < -0.39 is 0 Å². The maximum Gasteiger partial charge on any atom is 0.243 e. The molecule has 24 heavy (non-hydrogen) atoms. The van der Waals surface area contributed by atoms with Crippen LogP contribution < -0.4 is 9.47 Å². The summed E-state index contributed by atoms with van der Waals surface area (Å²) in [6, 6.07) is 5.83. The smallest absolute Gasteiger partial charge is 0.243 e. The minimum absolute atomic E-state index is 0.000378. The molecule has 0 aliphatic heterocycles. The lowest BCUT2D eigenvalue weighted by atomic mass is 9.96. The standard InChI is InChI=1S/C18H27N3O3/c1-12(16-19-17(20-24-16)18(2,3)4)21(5)11-13-8-9-14(22-6)10-15(13)23-7/h8-10,12H,11H2,1-7H3/t12-/m1/s1. The van der Waals surface area contributed by atoms with Gasteiger partial charge in [0, 0.05) is 23.6 Å². The fourth-order valence-corrected chi connectivity index (χ4v) is 2.29. The summed E-state index contributed by atoms with van der Waals surface area (Å²) in [6.45, 7) is 8.95. The fourth-order valence-electron chi connectivity index (χ4n) is 2.29. The first-order valence-electron chi connectivity index (χ1n) is 8.01. The Labute approximate surface area is 143 Å². The second-order valence-electron chi connectivity index (χ2n) is 6.98. The van der Waals surface area contributed by atoms with E-state index in [9.17, 15) is 0 Å². The van der Waals surface area contributed by atoms with Gasteiger partial charge in [0.15, 0.2) is 5.82 Å². The Balaban J connectivity index is 2.14. The van der Waals surface area contributed by atoms with E-state index in [1.165, 1.54) is 0 Å². The number of rotatable bonds is 6. The summed E-state index contributed by atoms with van der Waals surface area (Å²) in [4.78, 5) is 6.69. The van der Waals surface area contributed by atoms with Crippen LogP contribution in [0, 0.1) is 0 Å². The number of ether oxygens (including phenoxy) is 2. The minimum atomic E-state index is -0.126. The Morgan fingerprint density at radius 2 is 1.92 bits per heavy atom. The predicted octanol–water partition coefficient (Wildman–Crippen LogP) is 3.58. The Morgan fingerprint density at radius 1 is 1.21 bits per heavy atom. The topological polar surface area (TPSA) is 60.6 Å². The highest BCUT2D eigenvalue weighted by Crippen LogP contribution is 2.28.